The molecule has 0 N–H and O–H groups in total. The smallest absolute Gasteiger partial charge is 0.139 e. The molecule has 49 heavy (non-hydrogen) atoms. The predicted octanol–water partition coefficient (Wildman–Crippen LogP) is 10.8. The lowest BCUT2D eigenvalue weighted by molar-refractivity contribution is 0.482. The third-order valence-electron chi connectivity index (χ3n) is 9.70. The van der Waals surface area contributed by atoms with E-state index in [2.05, 4.69) is 127 Å². The number of pyridine rings is 1. The standard InChI is InChI=1S/C43H35N5O/c1-26-11-8-16-36-37-17-9-12-27(2)43(37)47(42(26)36)39-24-41(44-25-28(39)3)46-38-18-7-6-15-34(38)35-20-19-33(23-40(35)46)49-32-14-10-13-31(22-32)48-30(5)21-29(4)45-48/h6-25H,1-5H3. The summed E-state index contributed by atoms with van der Waals surface area (Å²) >= 11 is 0. The molecule has 0 bridgehead atoms. The van der Waals surface area contributed by atoms with Crippen molar-refractivity contribution in [3.05, 3.63) is 150 Å². The molecule has 0 fully saturated rings. The van der Waals surface area contributed by atoms with Crippen molar-refractivity contribution >= 4 is 43.6 Å². The summed E-state index contributed by atoms with van der Waals surface area (Å²) in [6.07, 6.45) is 2.00. The highest BCUT2D eigenvalue weighted by Crippen LogP contribution is 2.39. The minimum Gasteiger partial charge on any atom is -0.457 e. The summed E-state index contributed by atoms with van der Waals surface area (Å²) in [6, 6.07) is 40.4. The molecule has 6 heteroatoms. The third-order valence-corrected chi connectivity index (χ3v) is 9.70. The summed E-state index contributed by atoms with van der Waals surface area (Å²) in [5.74, 6) is 2.36. The maximum atomic E-state index is 6.53. The second-order valence-electron chi connectivity index (χ2n) is 13.1. The number of ether oxygens (including phenoxy) is 1. The van der Waals surface area contributed by atoms with Crippen molar-refractivity contribution in [3.63, 3.8) is 0 Å². The van der Waals surface area contributed by atoms with Crippen LogP contribution in [0, 0.1) is 34.6 Å². The van der Waals surface area contributed by atoms with E-state index in [0.29, 0.717) is 0 Å². The first-order valence-electron chi connectivity index (χ1n) is 16.7. The molecule has 0 spiro atoms. The summed E-state index contributed by atoms with van der Waals surface area (Å²) in [4.78, 5) is 5.06. The number of fused-ring (bicyclic) bond motifs is 6. The lowest BCUT2D eigenvalue weighted by atomic mass is 10.1. The van der Waals surface area contributed by atoms with Crippen molar-refractivity contribution in [1.29, 1.82) is 0 Å². The van der Waals surface area contributed by atoms with Gasteiger partial charge in [-0.2, -0.15) is 5.10 Å². The Morgan fingerprint density at radius 1 is 0.531 bits per heavy atom. The second-order valence-corrected chi connectivity index (χ2v) is 13.1. The SMILES string of the molecule is Cc1cc(C)n(-c2cccc(Oc3ccc4c5ccccc5n(-c5cc(-n6c7c(C)cccc7c7cccc(C)c76)c(C)cn5)c4c3)c2)n1. The van der Waals surface area contributed by atoms with Crippen molar-refractivity contribution in [2.24, 2.45) is 0 Å². The highest BCUT2D eigenvalue weighted by molar-refractivity contribution is 6.12. The molecule has 0 atom stereocenters. The van der Waals surface area contributed by atoms with Crippen LogP contribution in [0.15, 0.2) is 121 Å². The van der Waals surface area contributed by atoms with E-state index in [1.165, 1.54) is 38.3 Å². The van der Waals surface area contributed by atoms with Crippen LogP contribution in [0.4, 0.5) is 0 Å². The molecule has 0 aliphatic carbocycles. The van der Waals surface area contributed by atoms with Crippen LogP contribution in [0.5, 0.6) is 11.5 Å². The van der Waals surface area contributed by atoms with Crippen molar-refractivity contribution in [1.82, 2.24) is 23.9 Å². The van der Waals surface area contributed by atoms with Gasteiger partial charge >= 0.3 is 0 Å². The summed E-state index contributed by atoms with van der Waals surface area (Å²) in [6.45, 7) is 10.6. The molecule has 5 aromatic carbocycles. The zero-order valence-electron chi connectivity index (χ0n) is 28.2. The minimum atomic E-state index is 0.750. The highest BCUT2D eigenvalue weighted by Gasteiger charge is 2.20. The van der Waals surface area contributed by atoms with Crippen LogP contribution in [0.25, 0.3) is 60.8 Å². The summed E-state index contributed by atoms with van der Waals surface area (Å²) in [7, 11) is 0. The van der Waals surface area contributed by atoms with Gasteiger partial charge in [-0.1, -0.05) is 60.7 Å². The third kappa shape index (κ3) is 4.55. The van der Waals surface area contributed by atoms with Gasteiger partial charge in [0.1, 0.15) is 17.3 Å². The maximum Gasteiger partial charge on any atom is 0.139 e. The monoisotopic (exact) mass is 637 g/mol. The van der Waals surface area contributed by atoms with Gasteiger partial charge < -0.3 is 9.30 Å². The molecular weight excluding hydrogens is 603 g/mol. The number of nitrogens with zero attached hydrogens (tertiary/aromatic N) is 5. The molecule has 238 valence electrons. The van der Waals surface area contributed by atoms with Gasteiger partial charge in [0.25, 0.3) is 0 Å². The Morgan fingerprint density at radius 3 is 1.94 bits per heavy atom. The molecule has 0 amide bonds. The number of aryl methyl sites for hydroxylation is 5. The van der Waals surface area contributed by atoms with Gasteiger partial charge in [0, 0.05) is 51.6 Å². The molecule has 0 unspecified atom stereocenters. The Bertz CT molecular complexity index is 2700. The number of hydrogen-bond acceptors (Lipinski definition) is 3. The number of rotatable bonds is 5. The molecule has 0 radical (unpaired) electrons. The lowest BCUT2D eigenvalue weighted by Gasteiger charge is -2.16. The molecule has 0 aliphatic heterocycles. The lowest BCUT2D eigenvalue weighted by Crippen LogP contribution is -2.04. The first-order valence-corrected chi connectivity index (χ1v) is 16.7. The molecule has 0 aliphatic rings. The Balaban J connectivity index is 1.23. The summed E-state index contributed by atoms with van der Waals surface area (Å²) < 4.78 is 13.2. The van der Waals surface area contributed by atoms with Gasteiger partial charge in [0.15, 0.2) is 0 Å². The Labute approximate surface area is 284 Å². The molecule has 0 saturated heterocycles. The van der Waals surface area contributed by atoms with E-state index in [0.717, 1.165) is 62.1 Å². The molecule has 6 nitrogen and oxygen atoms in total. The van der Waals surface area contributed by atoms with E-state index in [1.807, 2.05) is 48.1 Å². The Hall–Kier alpha value is -6.14. The van der Waals surface area contributed by atoms with Gasteiger partial charge in [-0.25, -0.2) is 9.67 Å². The Morgan fingerprint density at radius 2 is 1.20 bits per heavy atom. The van der Waals surface area contributed by atoms with Crippen LogP contribution < -0.4 is 4.74 Å². The van der Waals surface area contributed by atoms with Gasteiger partial charge in [-0.15, -0.1) is 0 Å². The largest absolute Gasteiger partial charge is 0.457 e. The Kier molecular flexibility index (Phi) is 6.49. The molecule has 4 heterocycles. The number of para-hydroxylation sites is 3. The molecule has 9 aromatic rings. The summed E-state index contributed by atoms with van der Waals surface area (Å²) in [5, 5.41) is 9.50. The average Bonchev–Trinajstić information content (AvgIpc) is 3.74. The predicted molar refractivity (Wildman–Crippen MR) is 200 cm³/mol. The van der Waals surface area contributed by atoms with Crippen LogP contribution in [0.2, 0.25) is 0 Å². The minimum absolute atomic E-state index is 0.750. The van der Waals surface area contributed by atoms with E-state index in [4.69, 9.17) is 9.72 Å². The van der Waals surface area contributed by atoms with Crippen LogP contribution in [0.3, 0.4) is 0 Å². The first kappa shape index (κ1) is 29.0. The van der Waals surface area contributed by atoms with Crippen molar-refractivity contribution in [3.8, 4) is 28.7 Å². The van der Waals surface area contributed by atoms with Crippen LogP contribution in [0.1, 0.15) is 28.1 Å². The van der Waals surface area contributed by atoms with Crippen LogP contribution in [-0.4, -0.2) is 23.9 Å². The van der Waals surface area contributed by atoms with Gasteiger partial charge in [0.2, 0.25) is 0 Å². The van der Waals surface area contributed by atoms with E-state index < -0.39 is 0 Å². The average molecular weight is 638 g/mol. The van der Waals surface area contributed by atoms with Crippen LogP contribution >= 0.6 is 0 Å². The zero-order chi connectivity index (χ0) is 33.4. The highest BCUT2D eigenvalue weighted by atomic mass is 16.5. The quantitative estimate of drug-likeness (QED) is 0.189. The van der Waals surface area contributed by atoms with E-state index in [9.17, 15) is 0 Å². The maximum absolute atomic E-state index is 6.53. The normalized spacial score (nSPS) is 11.8. The topological polar surface area (TPSA) is 49.8 Å². The molecule has 0 saturated carbocycles. The van der Waals surface area contributed by atoms with Crippen molar-refractivity contribution in [2.75, 3.05) is 0 Å². The fraction of sp³-hybridized carbons (Fsp3) is 0.116. The van der Waals surface area contributed by atoms with E-state index >= 15 is 0 Å². The number of aromatic nitrogens is 5. The van der Waals surface area contributed by atoms with Crippen molar-refractivity contribution < 1.29 is 4.74 Å². The van der Waals surface area contributed by atoms with E-state index in [-0.39, 0.29) is 0 Å². The number of benzene rings is 5. The summed E-state index contributed by atoms with van der Waals surface area (Å²) in [5.41, 5.74) is 12.3. The number of hydrogen-bond donors (Lipinski definition) is 0. The van der Waals surface area contributed by atoms with Crippen molar-refractivity contribution in [2.45, 2.75) is 34.6 Å². The van der Waals surface area contributed by atoms with Crippen LogP contribution in [-0.2, 0) is 0 Å². The molecule has 4 aromatic heterocycles. The fourth-order valence-corrected chi connectivity index (χ4v) is 7.53. The molecular formula is C43H35N5O. The van der Waals surface area contributed by atoms with Gasteiger partial charge in [-0.05, 0) is 87.7 Å². The van der Waals surface area contributed by atoms with Gasteiger partial charge in [-0.3, -0.25) is 4.57 Å². The second kappa shape index (κ2) is 11.0. The van der Waals surface area contributed by atoms with Gasteiger partial charge in [0.05, 0.1) is 39.1 Å². The van der Waals surface area contributed by atoms with E-state index in [1.54, 1.807) is 0 Å². The first-order chi connectivity index (χ1) is 23.9. The molecule has 9 rings (SSSR count). The fourth-order valence-electron chi connectivity index (χ4n) is 7.53. The zero-order valence-corrected chi connectivity index (χ0v) is 28.2.